The van der Waals surface area contributed by atoms with Gasteiger partial charge in [-0.1, -0.05) is 12.1 Å². The van der Waals surface area contributed by atoms with Gasteiger partial charge >= 0.3 is 5.69 Å². The van der Waals surface area contributed by atoms with Gasteiger partial charge in [-0.3, -0.25) is 4.57 Å². The third-order valence-corrected chi connectivity index (χ3v) is 4.29. The Morgan fingerprint density at radius 3 is 2.71 bits per heavy atom. The van der Waals surface area contributed by atoms with Crippen molar-refractivity contribution in [2.24, 2.45) is 0 Å². The number of H-pyrrole nitrogens is 1. The standard InChI is InChI=1S/C13H20N4O3S/c1-10(2)16-21(19,20)14-8-5-9-17-12-7-4-3-6-11(12)15-13(17)18/h3-4,6-7,10,14,16H,5,8-9H2,1-2H3,(H,15,18). The number of nitrogens with zero attached hydrogens (tertiary/aromatic N) is 1. The van der Waals surface area contributed by atoms with Crippen LogP contribution in [-0.2, 0) is 16.8 Å². The van der Waals surface area contributed by atoms with Gasteiger partial charge in [0.25, 0.3) is 10.2 Å². The maximum atomic E-state index is 11.8. The lowest BCUT2D eigenvalue weighted by atomic mass is 10.3. The summed E-state index contributed by atoms with van der Waals surface area (Å²) >= 11 is 0. The minimum Gasteiger partial charge on any atom is -0.306 e. The van der Waals surface area contributed by atoms with Gasteiger partial charge in [-0.25, -0.2) is 9.52 Å². The van der Waals surface area contributed by atoms with Gasteiger partial charge in [0, 0.05) is 19.1 Å². The van der Waals surface area contributed by atoms with E-state index in [2.05, 4.69) is 14.4 Å². The van der Waals surface area contributed by atoms with Crippen molar-refractivity contribution in [1.29, 1.82) is 0 Å². The summed E-state index contributed by atoms with van der Waals surface area (Å²) in [6.07, 6.45) is 0.529. The molecule has 0 aliphatic carbocycles. The molecule has 2 rings (SSSR count). The van der Waals surface area contributed by atoms with Crippen LogP contribution < -0.4 is 15.1 Å². The molecular formula is C13H20N4O3S. The predicted molar refractivity (Wildman–Crippen MR) is 82.4 cm³/mol. The highest BCUT2D eigenvalue weighted by molar-refractivity contribution is 7.87. The van der Waals surface area contributed by atoms with Gasteiger partial charge in [-0.2, -0.15) is 13.1 Å². The number of imidazole rings is 1. The van der Waals surface area contributed by atoms with Crippen LogP contribution in [0, 0.1) is 0 Å². The fraction of sp³-hybridized carbons (Fsp3) is 0.462. The van der Waals surface area contributed by atoms with Crippen molar-refractivity contribution < 1.29 is 8.42 Å². The minimum absolute atomic E-state index is 0.154. The van der Waals surface area contributed by atoms with Crippen LogP contribution in [0.4, 0.5) is 0 Å². The van der Waals surface area contributed by atoms with Crippen LogP contribution in [0.25, 0.3) is 11.0 Å². The molecule has 1 heterocycles. The predicted octanol–water partition coefficient (Wildman–Crippen LogP) is 0.552. The molecule has 7 nitrogen and oxygen atoms in total. The van der Waals surface area contributed by atoms with Crippen LogP contribution in [0.5, 0.6) is 0 Å². The van der Waals surface area contributed by atoms with Crippen LogP contribution in [0.1, 0.15) is 20.3 Å². The summed E-state index contributed by atoms with van der Waals surface area (Å²) in [6, 6.07) is 7.26. The summed E-state index contributed by atoms with van der Waals surface area (Å²) in [7, 11) is -3.47. The largest absolute Gasteiger partial charge is 0.326 e. The van der Waals surface area contributed by atoms with Crippen molar-refractivity contribution in [3.8, 4) is 0 Å². The Balaban J connectivity index is 1.94. The number of hydrogen-bond donors (Lipinski definition) is 3. The molecule has 1 aromatic heterocycles. The average Bonchev–Trinajstić information content (AvgIpc) is 2.69. The van der Waals surface area contributed by atoms with E-state index in [-0.39, 0.29) is 18.3 Å². The third-order valence-electron chi connectivity index (χ3n) is 2.92. The van der Waals surface area contributed by atoms with Gasteiger partial charge in [0.2, 0.25) is 0 Å². The molecule has 1 aromatic carbocycles. The van der Waals surface area contributed by atoms with Gasteiger partial charge in [0.15, 0.2) is 0 Å². The molecule has 0 aliphatic rings. The molecule has 0 atom stereocenters. The first-order chi connectivity index (χ1) is 9.89. The second-order valence-corrected chi connectivity index (χ2v) is 6.65. The first-order valence-corrected chi connectivity index (χ1v) is 8.32. The van der Waals surface area contributed by atoms with E-state index in [0.29, 0.717) is 13.0 Å². The highest BCUT2D eigenvalue weighted by Crippen LogP contribution is 2.08. The van der Waals surface area contributed by atoms with E-state index in [1.807, 2.05) is 24.3 Å². The van der Waals surface area contributed by atoms with Crippen molar-refractivity contribution in [3.05, 3.63) is 34.7 Å². The number of rotatable bonds is 7. The molecule has 0 saturated heterocycles. The smallest absolute Gasteiger partial charge is 0.306 e. The third kappa shape index (κ3) is 4.16. The molecule has 2 aromatic rings. The Bertz CT molecular complexity index is 761. The van der Waals surface area contributed by atoms with E-state index in [4.69, 9.17) is 0 Å². The zero-order chi connectivity index (χ0) is 15.5. The summed E-state index contributed by atoms with van der Waals surface area (Å²) in [4.78, 5) is 14.6. The number of para-hydroxylation sites is 2. The van der Waals surface area contributed by atoms with Crippen molar-refractivity contribution in [2.45, 2.75) is 32.9 Å². The summed E-state index contributed by atoms with van der Waals surface area (Å²) < 4.78 is 29.7. The number of aryl methyl sites for hydroxylation is 1. The van der Waals surface area contributed by atoms with Crippen molar-refractivity contribution in [2.75, 3.05) is 6.54 Å². The Morgan fingerprint density at radius 1 is 1.29 bits per heavy atom. The Labute approximate surface area is 123 Å². The number of nitrogens with one attached hydrogen (secondary N) is 3. The molecule has 0 unspecified atom stereocenters. The van der Waals surface area contributed by atoms with Crippen LogP contribution in [0.15, 0.2) is 29.1 Å². The number of aromatic nitrogens is 2. The second-order valence-electron chi connectivity index (χ2n) is 5.12. The first-order valence-electron chi connectivity index (χ1n) is 6.83. The zero-order valence-corrected chi connectivity index (χ0v) is 12.9. The summed E-state index contributed by atoms with van der Waals surface area (Å²) in [5, 5.41) is 0. The molecule has 8 heteroatoms. The summed E-state index contributed by atoms with van der Waals surface area (Å²) in [5.74, 6) is 0. The lowest BCUT2D eigenvalue weighted by molar-refractivity contribution is 0.546. The molecule has 0 saturated carbocycles. The van der Waals surface area contributed by atoms with Crippen molar-refractivity contribution in [3.63, 3.8) is 0 Å². The van der Waals surface area contributed by atoms with Crippen molar-refractivity contribution >= 4 is 21.2 Å². The van der Waals surface area contributed by atoms with Gasteiger partial charge in [0.05, 0.1) is 11.0 Å². The molecule has 0 spiro atoms. The lowest BCUT2D eigenvalue weighted by Gasteiger charge is -2.10. The fourth-order valence-electron chi connectivity index (χ4n) is 2.12. The van der Waals surface area contributed by atoms with E-state index in [1.54, 1.807) is 18.4 Å². The molecule has 116 valence electrons. The molecule has 0 amide bonds. The van der Waals surface area contributed by atoms with E-state index in [1.165, 1.54) is 0 Å². The first kappa shape index (κ1) is 15.7. The normalized spacial score (nSPS) is 12.3. The fourth-order valence-corrected chi connectivity index (χ4v) is 3.24. The van der Waals surface area contributed by atoms with Crippen LogP contribution in [-0.4, -0.2) is 30.6 Å². The lowest BCUT2D eigenvalue weighted by Crippen LogP contribution is -2.40. The average molecular weight is 312 g/mol. The maximum absolute atomic E-state index is 11.8. The Morgan fingerprint density at radius 2 is 2.00 bits per heavy atom. The molecule has 0 aliphatic heterocycles. The van der Waals surface area contributed by atoms with Crippen molar-refractivity contribution in [1.82, 2.24) is 19.0 Å². The van der Waals surface area contributed by atoms with E-state index >= 15 is 0 Å². The zero-order valence-electron chi connectivity index (χ0n) is 12.1. The topological polar surface area (TPSA) is 96.0 Å². The number of benzene rings is 1. The Kier molecular flexibility index (Phi) is 4.81. The molecule has 0 bridgehead atoms. The second kappa shape index (κ2) is 6.42. The SMILES string of the molecule is CC(C)NS(=O)(=O)NCCCn1c(=O)[nH]c2ccccc21. The number of hydrogen-bond acceptors (Lipinski definition) is 3. The van der Waals surface area contributed by atoms with Gasteiger partial charge in [-0.15, -0.1) is 0 Å². The number of fused-ring (bicyclic) bond motifs is 1. The molecule has 3 N–H and O–H groups in total. The summed E-state index contributed by atoms with van der Waals surface area (Å²) in [6.45, 7) is 4.23. The van der Waals surface area contributed by atoms with Gasteiger partial charge in [0.1, 0.15) is 0 Å². The van der Waals surface area contributed by atoms with E-state index in [0.717, 1.165) is 11.0 Å². The molecule has 21 heavy (non-hydrogen) atoms. The van der Waals surface area contributed by atoms with Crippen LogP contribution >= 0.6 is 0 Å². The van der Waals surface area contributed by atoms with E-state index in [9.17, 15) is 13.2 Å². The van der Waals surface area contributed by atoms with E-state index < -0.39 is 10.2 Å². The molecule has 0 fully saturated rings. The highest BCUT2D eigenvalue weighted by Gasteiger charge is 2.10. The molecule has 0 radical (unpaired) electrons. The quantitative estimate of drug-likeness (QED) is 0.652. The summed E-state index contributed by atoms with van der Waals surface area (Å²) in [5.41, 5.74) is 1.43. The molecular weight excluding hydrogens is 292 g/mol. The minimum atomic E-state index is -3.47. The monoisotopic (exact) mass is 312 g/mol. The Hall–Kier alpha value is -1.64. The number of aromatic amines is 1. The van der Waals surface area contributed by atoms with Gasteiger partial charge in [-0.05, 0) is 32.4 Å². The van der Waals surface area contributed by atoms with Gasteiger partial charge < -0.3 is 4.98 Å². The van der Waals surface area contributed by atoms with Crippen LogP contribution in [0.3, 0.4) is 0 Å². The highest BCUT2D eigenvalue weighted by atomic mass is 32.2. The maximum Gasteiger partial charge on any atom is 0.326 e. The van der Waals surface area contributed by atoms with Crippen LogP contribution in [0.2, 0.25) is 0 Å².